The molecule has 2 heteroatoms. The molecule has 2 unspecified atom stereocenters. The van der Waals surface area contributed by atoms with E-state index in [1.54, 1.807) is 0 Å². The normalized spacial score (nSPS) is 17.1. The molecule has 0 saturated heterocycles. The maximum Gasteiger partial charge on any atom is 0.0546 e. The Morgan fingerprint density at radius 1 is 1.00 bits per heavy atom. The maximum atomic E-state index is 9.62. The predicted octanol–water partition coefficient (Wildman–Crippen LogP) is 2.33. The topological polar surface area (TPSA) is 40.5 Å². The van der Waals surface area contributed by atoms with Gasteiger partial charge < -0.3 is 10.2 Å². The lowest BCUT2D eigenvalue weighted by Crippen LogP contribution is -2.19. The van der Waals surface area contributed by atoms with Gasteiger partial charge in [-0.1, -0.05) is 27.7 Å². The van der Waals surface area contributed by atoms with Crippen LogP contribution in [0.2, 0.25) is 0 Å². The first-order valence-electron chi connectivity index (χ1n) is 5.21. The number of hydrogen-bond acceptors (Lipinski definition) is 2. The second-order valence-electron chi connectivity index (χ2n) is 5.06. The summed E-state index contributed by atoms with van der Waals surface area (Å²) in [4.78, 5) is 0. The highest BCUT2D eigenvalue weighted by molar-refractivity contribution is 4.69. The highest BCUT2D eigenvalue weighted by atomic mass is 16.3. The summed E-state index contributed by atoms with van der Waals surface area (Å²) in [5.74, 6) is 0. The van der Waals surface area contributed by atoms with E-state index in [-0.39, 0.29) is 17.6 Å². The summed E-state index contributed by atoms with van der Waals surface area (Å²) < 4.78 is 0. The number of rotatable bonds is 5. The lowest BCUT2D eigenvalue weighted by molar-refractivity contribution is 0.0840. The SMILES string of the molecule is CCC(O)CCC(O)CC(C)(C)C. The molecule has 0 aliphatic carbocycles. The van der Waals surface area contributed by atoms with Crippen LogP contribution in [0.4, 0.5) is 0 Å². The molecule has 0 rings (SSSR count). The number of hydrogen-bond donors (Lipinski definition) is 2. The Morgan fingerprint density at radius 2 is 1.46 bits per heavy atom. The molecule has 0 saturated carbocycles. The van der Waals surface area contributed by atoms with E-state index in [4.69, 9.17) is 0 Å². The first-order valence-corrected chi connectivity index (χ1v) is 5.21. The molecule has 0 spiro atoms. The van der Waals surface area contributed by atoms with Crippen LogP contribution in [0, 0.1) is 5.41 Å². The highest BCUT2D eigenvalue weighted by Gasteiger charge is 2.17. The molecule has 0 aromatic heterocycles. The van der Waals surface area contributed by atoms with Gasteiger partial charge in [-0.25, -0.2) is 0 Å². The molecule has 13 heavy (non-hydrogen) atoms. The zero-order valence-electron chi connectivity index (χ0n) is 9.38. The van der Waals surface area contributed by atoms with Crippen molar-refractivity contribution in [2.24, 2.45) is 5.41 Å². The van der Waals surface area contributed by atoms with Gasteiger partial charge in [0.1, 0.15) is 0 Å². The minimum Gasteiger partial charge on any atom is -0.393 e. The van der Waals surface area contributed by atoms with Gasteiger partial charge in [0, 0.05) is 0 Å². The van der Waals surface area contributed by atoms with Crippen LogP contribution in [0.3, 0.4) is 0 Å². The van der Waals surface area contributed by atoms with Crippen molar-refractivity contribution in [2.75, 3.05) is 0 Å². The first-order chi connectivity index (χ1) is 5.85. The van der Waals surface area contributed by atoms with Crippen molar-refractivity contribution < 1.29 is 10.2 Å². The Morgan fingerprint density at radius 3 is 1.85 bits per heavy atom. The molecule has 0 aromatic rings. The van der Waals surface area contributed by atoms with Crippen molar-refractivity contribution in [3.8, 4) is 0 Å². The van der Waals surface area contributed by atoms with Crippen LogP contribution in [0.15, 0.2) is 0 Å². The van der Waals surface area contributed by atoms with Gasteiger partial charge in [-0.3, -0.25) is 0 Å². The molecule has 80 valence electrons. The summed E-state index contributed by atoms with van der Waals surface area (Å²) in [6.07, 6.45) is 2.52. The zero-order chi connectivity index (χ0) is 10.5. The summed E-state index contributed by atoms with van der Waals surface area (Å²) in [6, 6.07) is 0. The third kappa shape index (κ3) is 8.26. The second kappa shape index (κ2) is 5.61. The Hall–Kier alpha value is -0.0800. The fourth-order valence-corrected chi connectivity index (χ4v) is 1.40. The Balaban J connectivity index is 3.57. The van der Waals surface area contributed by atoms with Crippen LogP contribution in [-0.4, -0.2) is 22.4 Å². The zero-order valence-corrected chi connectivity index (χ0v) is 9.38. The molecule has 0 bridgehead atoms. The van der Waals surface area contributed by atoms with E-state index >= 15 is 0 Å². The molecule has 0 fully saturated rings. The van der Waals surface area contributed by atoms with Crippen LogP contribution >= 0.6 is 0 Å². The minimum atomic E-state index is -0.263. The monoisotopic (exact) mass is 188 g/mol. The second-order valence-corrected chi connectivity index (χ2v) is 5.06. The summed E-state index contributed by atoms with van der Waals surface area (Å²) in [5, 5.41) is 18.9. The Kier molecular flexibility index (Phi) is 5.57. The average molecular weight is 188 g/mol. The van der Waals surface area contributed by atoms with Crippen molar-refractivity contribution in [3.05, 3.63) is 0 Å². The maximum absolute atomic E-state index is 9.62. The summed E-state index contributed by atoms with van der Waals surface area (Å²) in [6.45, 7) is 8.31. The van der Waals surface area contributed by atoms with Crippen molar-refractivity contribution in [3.63, 3.8) is 0 Å². The van der Waals surface area contributed by atoms with E-state index < -0.39 is 0 Å². The van der Waals surface area contributed by atoms with Gasteiger partial charge >= 0.3 is 0 Å². The van der Waals surface area contributed by atoms with Gasteiger partial charge in [-0.2, -0.15) is 0 Å². The van der Waals surface area contributed by atoms with Gasteiger partial charge in [-0.15, -0.1) is 0 Å². The minimum absolute atomic E-state index is 0.177. The fourth-order valence-electron chi connectivity index (χ4n) is 1.40. The lowest BCUT2D eigenvalue weighted by atomic mass is 9.87. The molecule has 0 amide bonds. The fraction of sp³-hybridized carbons (Fsp3) is 1.00. The summed E-state index contributed by atoms with van der Waals surface area (Å²) >= 11 is 0. The van der Waals surface area contributed by atoms with E-state index in [0.29, 0.717) is 12.8 Å². The summed E-state index contributed by atoms with van der Waals surface area (Å²) in [7, 11) is 0. The van der Waals surface area contributed by atoms with Crippen LogP contribution < -0.4 is 0 Å². The van der Waals surface area contributed by atoms with E-state index in [1.165, 1.54) is 0 Å². The molecular weight excluding hydrogens is 164 g/mol. The molecule has 0 aromatic carbocycles. The Labute approximate surface area is 82.0 Å². The molecule has 0 radical (unpaired) electrons. The third-order valence-corrected chi connectivity index (χ3v) is 2.15. The van der Waals surface area contributed by atoms with E-state index in [1.807, 2.05) is 6.92 Å². The molecule has 0 aliphatic rings. The van der Waals surface area contributed by atoms with Gasteiger partial charge in [0.15, 0.2) is 0 Å². The average Bonchev–Trinajstić information content (AvgIpc) is 1.97. The third-order valence-electron chi connectivity index (χ3n) is 2.15. The van der Waals surface area contributed by atoms with Gasteiger partial charge in [-0.05, 0) is 31.1 Å². The van der Waals surface area contributed by atoms with Crippen LogP contribution in [0.1, 0.15) is 53.4 Å². The van der Waals surface area contributed by atoms with Crippen molar-refractivity contribution >= 4 is 0 Å². The van der Waals surface area contributed by atoms with E-state index in [0.717, 1.165) is 12.8 Å². The van der Waals surface area contributed by atoms with Crippen molar-refractivity contribution in [2.45, 2.75) is 65.6 Å². The van der Waals surface area contributed by atoms with Gasteiger partial charge in [0.05, 0.1) is 12.2 Å². The van der Waals surface area contributed by atoms with Gasteiger partial charge in [0.25, 0.3) is 0 Å². The summed E-state index contributed by atoms with van der Waals surface area (Å²) in [5.41, 5.74) is 0.177. The van der Waals surface area contributed by atoms with E-state index in [2.05, 4.69) is 20.8 Å². The molecule has 2 atom stereocenters. The molecular formula is C11H24O2. The van der Waals surface area contributed by atoms with Crippen LogP contribution in [0.25, 0.3) is 0 Å². The lowest BCUT2D eigenvalue weighted by Gasteiger charge is -2.22. The number of aliphatic hydroxyl groups excluding tert-OH is 2. The molecule has 2 N–H and O–H groups in total. The first kappa shape index (κ1) is 12.9. The van der Waals surface area contributed by atoms with Crippen LogP contribution in [-0.2, 0) is 0 Å². The largest absolute Gasteiger partial charge is 0.393 e. The van der Waals surface area contributed by atoms with Gasteiger partial charge in [0.2, 0.25) is 0 Å². The number of aliphatic hydroxyl groups is 2. The van der Waals surface area contributed by atoms with Crippen molar-refractivity contribution in [1.82, 2.24) is 0 Å². The molecule has 0 aliphatic heterocycles. The van der Waals surface area contributed by atoms with E-state index in [9.17, 15) is 10.2 Å². The highest BCUT2D eigenvalue weighted by Crippen LogP contribution is 2.23. The van der Waals surface area contributed by atoms with Crippen molar-refractivity contribution in [1.29, 1.82) is 0 Å². The smallest absolute Gasteiger partial charge is 0.0546 e. The molecule has 2 nitrogen and oxygen atoms in total. The Bertz CT molecular complexity index is 127. The predicted molar refractivity (Wildman–Crippen MR) is 55.6 cm³/mol. The quantitative estimate of drug-likeness (QED) is 0.695. The molecule has 0 heterocycles. The van der Waals surface area contributed by atoms with Crippen LogP contribution in [0.5, 0.6) is 0 Å². The standard InChI is InChI=1S/C11H24O2/c1-5-9(12)6-7-10(13)8-11(2,3)4/h9-10,12-13H,5-8H2,1-4H3.